The van der Waals surface area contributed by atoms with Gasteiger partial charge in [-0.3, -0.25) is 4.57 Å². The van der Waals surface area contributed by atoms with E-state index in [4.69, 9.17) is 23.8 Å². The molecule has 4 aromatic heterocycles. The lowest BCUT2D eigenvalue weighted by Gasteiger charge is -2.11. The quantitative estimate of drug-likeness (QED) is 0.209. The molecule has 6 aromatic carbocycles. The molecule has 0 atom stereocenters. The molecule has 0 bridgehead atoms. The Morgan fingerprint density at radius 1 is 0.422 bits per heavy atom. The molecule has 210 valence electrons. The van der Waals surface area contributed by atoms with Crippen molar-refractivity contribution in [1.29, 1.82) is 0 Å². The van der Waals surface area contributed by atoms with E-state index < -0.39 is 0 Å². The van der Waals surface area contributed by atoms with Crippen LogP contribution in [0.2, 0.25) is 0 Å². The predicted molar refractivity (Wildman–Crippen MR) is 180 cm³/mol. The Kier molecular flexibility index (Phi) is 4.90. The largest absolute Gasteiger partial charge is 0.456 e. The third-order valence-electron chi connectivity index (χ3n) is 8.67. The summed E-state index contributed by atoms with van der Waals surface area (Å²) in [4.78, 5) is 15.3. The zero-order valence-electron chi connectivity index (χ0n) is 23.8. The summed E-state index contributed by atoms with van der Waals surface area (Å²) >= 11 is 0. The van der Waals surface area contributed by atoms with Gasteiger partial charge in [-0.2, -0.15) is 9.97 Å². The Labute approximate surface area is 255 Å². The molecular formula is C39H22N4O2. The molecule has 0 amide bonds. The average molecular weight is 579 g/mol. The minimum Gasteiger partial charge on any atom is -0.456 e. The minimum absolute atomic E-state index is 0.522. The second kappa shape index (κ2) is 9.11. The zero-order valence-corrected chi connectivity index (χ0v) is 23.8. The van der Waals surface area contributed by atoms with Crippen molar-refractivity contribution in [2.75, 3.05) is 0 Å². The van der Waals surface area contributed by atoms with Gasteiger partial charge in [0.25, 0.3) is 0 Å². The molecule has 6 heteroatoms. The smallest absolute Gasteiger partial charge is 0.238 e. The number of furan rings is 2. The molecule has 0 aliphatic rings. The molecule has 10 aromatic rings. The highest BCUT2D eigenvalue weighted by Crippen LogP contribution is 2.39. The summed E-state index contributed by atoms with van der Waals surface area (Å²) in [7, 11) is 0. The van der Waals surface area contributed by atoms with Gasteiger partial charge in [0.05, 0.1) is 16.6 Å². The summed E-state index contributed by atoms with van der Waals surface area (Å²) in [6.45, 7) is 0. The van der Waals surface area contributed by atoms with Gasteiger partial charge in [-0.1, -0.05) is 97.1 Å². The Morgan fingerprint density at radius 2 is 1.09 bits per heavy atom. The summed E-state index contributed by atoms with van der Waals surface area (Å²) in [5.41, 5.74) is 6.94. The molecule has 4 heterocycles. The first-order valence-corrected chi connectivity index (χ1v) is 14.9. The molecule has 0 unspecified atom stereocenters. The van der Waals surface area contributed by atoms with Gasteiger partial charge in [0.15, 0.2) is 11.6 Å². The average Bonchev–Trinajstić information content (AvgIpc) is 3.76. The van der Waals surface area contributed by atoms with Crippen molar-refractivity contribution >= 4 is 65.7 Å². The van der Waals surface area contributed by atoms with E-state index in [1.54, 1.807) is 0 Å². The SMILES string of the molecule is c1ccc(-c2nc(-c3cccc4c3oc3ccccc34)nc(-n3c4ccccc4c4cc5c(cc43)oc3ccccc35)n2)cc1. The lowest BCUT2D eigenvalue weighted by molar-refractivity contribution is 0.669. The standard InChI is InChI=1S/C39H22N4O2/c1-2-11-23(12-3-1)37-40-38(28-17-10-16-27-25-14-5-9-20-34(25)45-36(27)28)42-39(41-37)43-31-18-7-4-13-24(31)29-21-30-26-15-6-8-19-33(26)44-35(30)22-32(29)43/h1-22H. The van der Waals surface area contributed by atoms with E-state index in [0.717, 1.165) is 76.8 Å². The van der Waals surface area contributed by atoms with Crippen LogP contribution in [-0.2, 0) is 0 Å². The van der Waals surface area contributed by atoms with Crippen molar-refractivity contribution in [3.8, 4) is 28.7 Å². The van der Waals surface area contributed by atoms with E-state index >= 15 is 0 Å². The minimum atomic E-state index is 0.522. The van der Waals surface area contributed by atoms with Gasteiger partial charge in [-0.05, 0) is 30.3 Å². The molecule has 0 saturated heterocycles. The van der Waals surface area contributed by atoms with Crippen molar-refractivity contribution in [2.45, 2.75) is 0 Å². The third kappa shape index (κ3) is 3.53. The van der Waals surface area contributed by atoms with Crippen molar-refractivity contribution in [2.24, 2.45) is 0 Å². The molecule has 0 aliphatic heterocycles. The van der Waals surface area contributed by atoms with Crippen LogP contribution in [0, 0.1) is 0 Å². The maximum Gasteiger partial charge on any atom is 0.238 e. The highest BCUT2D eigenvalue weighted by atomic mass is 16.3. The topological polar surface area (TPSA) is 69.9 Å². The highest BCUT2D eigenvalue weighted by Gasteiger charge is 2.21. The number of hydrogen-bond donors (Lipinski definition) is 0. The second-order valence-corrected chi connectivity index (χ2v) is 11.2. The van der Waals surface area contributed by atoms with Gasteiger partial charge in [0.2, 0.25) is 5.95 Å². The number of para-hydroxylation sites is 4. The fraction of sp³-hybridized carbons (Fsp3) is 0. The molecule has 0 fully saturated rings. The summed E-state index contributed by atoms with van der Waals surface area (Å²) < 4.78 is 14.9. The summed E-state index contributed by atoms with van der Waals surface area (Å²) in [6.07, 6.45) is 0. The molecule has 0 radical (unpaired) electrons. The van der Waals surface area contributed by atoms with E-state index in [2.05, 4.69) is 53.1 Å². The van der Waals surface area contributed by atoms with Gasteiger partial charge in [0, 0.05) is 43.9 Å². The van der Waals surface area contributed by atoms with E-state index in [-0.39, 0.29) is 0 Å². The first-order chi connectivity index (χ1) is 22.3. The normalized spacial score (nSPS) is 12.0. The van der Waals surface area contributed by atoms with Crippen molar-refractivity contribution in [1.82, 2.24) is 19.5 Å². The molecule has 0 spiro atoms. The number of fused-ring (bicyclic) bond motifs is 9. The number of nitrogens with zero attached hydrogens (tertiary/aromatic N) is 4. The van der Waals surface area contributed by atoms with Gasteiger partial charge in [0.1, 0.15) is 22.3 Å². The van der Waals surface area contributed by atoms with Gasteiger partial charge in [-0.25, -0.2) is 4.98 Å². The van der Waals surface area contributed by atoms with Crippen LogP contribution in [0.5, 0.6) is 0 Å². The van der Waals surface area contributed by atoms with Crippen LogP contribution in [0.3, 0.4) is 0 Å². The molecule has 0 N–H and O–H groups in total. The molecule has 0 aliphatic carbocycles. The van der Waals surface area contributed by atoms with E-state index in [1.807, 2.05) is 84.9 Å². The number of hydrogen-bond acceptors (Lipinski definition) is 5. The van der Waals surface area contributed by atoms with Gasteiger partial charge in [-0.15, -0.1) is 0 Å². The Bertz CT molecular complexity index is 2770. The fourth-order valence-corrected chi connectivity index (χ4v) is 6.63. The molecular weight excluding hydrogens is 556 g/mol. The molecule has 10 rings (SSSR count). The lowest BCUT2D eigenvalue weighted by atomic mass is 10.1. The molecule has 6 nitrogen and oxygen atoms in total. The third-order valence-corrected chi connectivity index (χ3v) is 8.67. The summed E-state index contributed by atoms with van der Waals surface area (Å²) in [6, 6.07) is 45.1. The number of rotatable bonds is 3. The van der Waals surface area contributed by atoms with Crippen LogP contribution in [-0.4, -0.2) is 19.5 Å². The Balaban J connectivity index is 1.31. The lowest BCUT2D eigenvalue weighted by Crippen LogP contribution is -2.06. The number of benzene rings is 6. The van der Waals surface area contributed by atoms with Crippen LogP contribution in [0.4, 0.5) is 0 Å². The van der Waals surface area contributed by atoms with Crippen LogP contribution in [0.1, 0.15) is 0 Å². The predicted octanol–water partition coefficient (Wildman–Crippen LogP) is 10.1. The Morgan fingerprint density at radius 3 is 1.93 bits per heavy atom. The van der Waals surface area contributed by atoms with Gasteiger partial charge >= 0.3 is 0 Å². The van der Waals surface area contributed by atoms with Crippen LogP contribution in [0.15, 0.2) is 142 Å². The van der Waals surface area contributed by atoms with Crippen molar-refractivity contribution < 1.29 is 8.83 Å². The van der Waals surface area contributed by atoms with E-state index in [1.165, 1.54) is 0 Å². The van der Waals surface area contributed by atoms with E-state index in [9.17, 15) is 0 Å². The summed E-state index contributed by atoms with van der Waals surface area (Å²) in [5.74, 6) is 1.65. The molecule has 0 saturated carbocycles. The fourth-order valence-electron chi connectivity index (χ4n) is 6.63. The highest BCUT2D eigenvalue weighted by molar-refractivity contribution is 6.17. The first kappa shape index (κ1) is 24.2. The summed E-state index contributed by atoms with van der Waals surface area (Å²) in [5, 5.41) is 6.48. The van der Waals surface area contributed by atoms with Crippen molar-refractivity contribution in [3.05, 3.63) is 133 Å². The van der Waals surface area contributed by atoms with Crippen LogP contribution in [0.25, 0.3) is 94.4 Å². The zero-order chi connectivity index (χ0) is 29.5. The van der Waals surface area contributed by atoms with Crippen LogP contribution < -0.4 is 0 Å². The van der Waals surface area contributed by atoms with Gasteiger partial charge < -0.3 is 8.83 Å². The maximum atomic E-state index is 6.41. The maximum absolute atomic E-state index is 6.41. The Hall–Kier alpha value is -6.27. The molecule has 45 heavy (non-hydrogen) atoms. The van der Waals surface area contributed by atoms with E-state index in [0.29, 0.717) is 17.6 Å². The van der Waals surface area contributed by atoms with Crippen LogP contribution >= 0.6 is 0 Å². The first-order valence-electron chi connectivity index (χ1n) is 14.9. The number of aromatic nitrogens is 4. The monoisotopic (exact) mass is 578 g/mol. The second-order valence-electron chi connectivity index (χ2n) is 11.2. The van der Waals surface area contributed by atoms with Crippen molar-refractivity contribution in [3.63, 3.8) is 0 Å².